The summed E-state index contributed by atoms with van der Waals surface area (Å²) in [4.78, 5) is 28.1. The lowest BCUT2D eigenvalue weighted by Gasteiger charge is -2.22. The molecular weight excluding hydrogens is 276 g/mol. The zero-order valence-electron chi connectivity index (χ0n) is 13.8. The first-order valence-electron chi connectivity index (χ1n) is 8.04. The number of nitrogens with zero attached hydrogens (tertiary/aromatic N) is 2. The monoisotopic (exact) mass is 302 g/mol. The molecule has 4 nitrogen and oxygen atoms in total. The maximum absolute atomic E-state index is 12.5. The van der Waals surface area contributed by atoms with Crippen LogP contribution in [-0.4, -0.2) is 41.8 Å². The van der Waals surface area contributed by atoms with Gasteiger partial charge in [-0.25, -0.2) is 0 Å². The largest absolute Gasteiger partial charge is 0.342 e. The molecule has 0 bridgehead atoms. The quantitative estimate of drug-likeness (QED) is 0.810. The lowest BCUT2D eigenvalue weighted by molar-refractivity contribution is -0.135. The average molecular weight is 302 g/mol. The van der Waals surface area contributed by atoms with Crippen molar-refractivity contribution in [3.8, 4) is 0 Å². The predicted molar refractivity (Wildman–Crippen MR) is 87.1 cm³/mol. The van der Waals surface area contributed by atoms with Crippen LogP contribution in [0.2, 0.25) is 0 Å². The van der Waals surface area contributed by atoms with Crippen molar-refractivity contribution in [1.29, 1.82) is 0 Å². The highest BCUT2D eigenvalue weighted by Gasteiger charge is 2.35. The molecule has 0 saturated carbocycles. The fourth-order valence-electron chi connectivity index (χ4n) is 2.81. The molecule has 1 aliphatic heterocycles. The highest BCUT2D eigenvalue weighted by atomic mass is 16.2. The summed E-state index contributed by atoms with van der Waals surface area (Å²) in [5.41, 5.74) is 1.11. The molecule has 1 fully saturated rings. The van der Waals surface area contributed by atoms with Crippen LogP contribution in [0.15, 0.2) is 30.3 Å². The summed E-state index contributed by atoms with van der Waals surface area (Å²) >= 11 is 0. The highest BCUT2D eigenvalue weighted by molar-refractivity contribution is 5.89. The van der Waals surface area contributed by atoms with E-state index in [0.29, 0.717) is 25.4 Å². The Balaban J connectivity index is 1.89. The number of rotatable bonds is 6. The Morgan fingerprint density at radius 2 is 2.00 bits per heavy atom. The fraction of sp³-hybridized carbons (Fsp3) is 0.556. The van der Waals surface area contributed by atoms with E-state index in [4.69, 9.17) is 0 Å². The topological polar surface area (TPSA) is 40.6 Å². The molecule has 120 valence electrons. The summed E-state index contributed by atoms with van der Waals surface area (Å²) in [6.45, 7) is 6.23. The zero-order chi connectivity index (χ0) is 16.1. The molecule has 1 heterocycles. The number of amides is 2. The van der Waals surface area contributed by atoms with Crippen LogP contribution in [0, 0.1) is 11.8 Å². The second-order valence-electron chi connectivity index (χ2n) is 6.60. The molecule has 22 heavy (non-hydrogen) atoms. The van der Waals surface area contributed by atoms with E-state index in [1.807, 2.05) is 42.3 Å². The van der Waals surface area contributed by atoms with Gasteiger partial charge in [-0.2, -0.15) is 0 Å². The van der Waals surface area contributed by atoms with Gasteiger partial charge in [0, 0.05) is 33.1 Å². The zero-order valence-corrected chi connectivity index (χ0v) is 13.8. The molecule has 0 radical (unpaired) electrons. The van der Waals surface area contributed by atoms with Gasteiger partial charge in [-0.15, -0.1) is 0 Å². The Hall–Kier alpha value is -1.84. The van der Waals surface area contributed by atoms with Crippen LogP contribution in [0.3, 0.4) is 0 Å². The molecule has 0 aromatic heterocycles. The van der Waals surface area contributed by atoms with E-state index >= 15 is 0 Å². The lowest BCUT2D eigenvalue weighted by Crippen LogP contribution is -2.34. The van der Waals surface area contributed by atoms with Crippen molar-refractivity contribution in [3.63, 3.8) is 0 Å². The van der Waals surface area contributed by atoms with Gasteiger partial charge in [0.05, 0.1) is 5.92 Å². The molecule has 1 aromatic rings. The predicted octanol–water partition coefficient (Wildman–Crippen LogP) is 2.54. The van der Waals surface area contributed by atoms with Gasteiger partial charge in [0.15, 0.2) is 0 Å². The van der Waals surface area contributed by atoms with Crippen molar-refractivity contribution in [1.82, 2.24) is 9.80 Å². The normalized spacial score (nSPS) is 18.1. The van der Waals surface area contributed by atoms with Crippen molar-refractivity contribution in [2.24, 2.45) is 11.8 Å². The highest BCUT2D eigenvalue weighted by Crippen LogP contribution is 2.21. The summed E-state index contributed by atoms with van der Waals surface area (Å²) in [7, 11) is 1.82. The Bertz CT molecular complexity index is 513. The van der Waals surface area contributed by atoms with Gasteiger partial charge in [-0.05, 0) is 17.9 Å². The van der Waals surface area contributed by atoms with Crippen LogP contribution in [0.25, 0.3) is 0 Å². The van der Waals surface area contributed by atoms with Gasteiger partial charge in [0.1, 0.15) is 0 Å². The molecule has 1 atom stereocenters. The van der Waals surface area contributed by atoms with Crippen molar-refractivity contribution in [2.45, 2.75) is 33.2 Å². The van der Waals surface area contributed by atoms with Crippen LogP contribution in [0.4, 0.5) is 0 Å². The Morgan fingerprint density at radius 1 is 1.32 bits per heavy atom. The van der Waals surface area contributed by atoms with Crippen LogP contribution in [0.1, 0.15) is 32.3 Å². The minimum absolute atomic E-state index is 0.0734. The molecule has 1 saturated heterocycles. The van der Waals surface area contributed by atoms with Crippen molar-refractivity contribution in [3.05, 3.63) is 35.9 Å². The second-order valence-corrected chi connectivity index (χ2v) is 6.60. The van der Waals surface area contributed by atoms with Crippen molar-refractivity contribution >= 4 is 11.8 Å². The molecule has 0 spiro atoms. The van der Waals surface area contributed by atoms with E-state index in [9.17, 15) is 9.59 Å². The third-order valence-electron chi connectivity index (χ3n) is 4.18. The Labute approximate surface area is 133 Å². The average Bonchev–Trinajstić information content (AvgIpc) is 2.86. The lowest BCUT2D eigenvalue weighted by atomic mass is 10.1. The van der Waals surface area contributed by atoms with E-state index in [-0.39, 0.29) is 17.7 Å². The molecule has 0 aliphatic carbocycles. The number of hydrogen-bond acceptors (Lipinski definition) is 2. The Morgan fingerprint density at radius 3 is 2.64 bits per heavy atom. The van der Waals surface area contributed by atoms with Crippen LogP contribution in [-0.2, 0) is 16.1 Å². The standard InChI is InChI=1S/C18H26N2O2/c1-14(2)9-10-20-13-16(11-17(20)21)18(22)19(3)12-15-7-5-4-6-8-15/h4-8,14,16H,9-13H2,1-3H3/t16-/m1/s1. The molecule has 0 unspecified atom stereocenters. The smallest absolute Gasteiger partial charge is 0.228 e. The maximum atomic E-state index is 12.5. The number of benzene rings is 1. The molecule has 0 N–H and O–H groups in total. The first-order valence-corrected chi connectivity index (χ1v) is 8.04. The molecular formula is C18H26N2O2. The van der Waals surface area contributed by atoms with E-state index in [1.165, 1.54) is 0 Å². The first-order chi connectivity index (χ1) is 10.5. The van der Waals surface area contributed by atoms with Gasteiger partial charge >= 0.3 is 0 Å². The third-order valence-corrected chi connectivity index (χ3v) is 4.18. The molecule has 4 heteroatoms. The summed E-state index contributed by atoms with van der Waals surface area (Å²) in [5, 5.41) is 0. The van der Waals surface area contributed by atoms with Crippen LogP contribution >= 0.6 is 0 Å². The summed E-state index contributed by atoms with van der Waals surface area (Å²) < 4.78 is 0. The Kier molecular flexibility index (Phi) is 5.58. The van der Waals surface area contributed by atoms with Gasteiger partial charge < -0.3 is 9.80 Å². The number of hydrogen-bond donors (Lipinski definition) is 0. The SMILES string of the molecule is CC(C)CCN1C[C@H](C(=O)N(C)Cc2ccccc2)CC1=O. The third kappa shape index (κ3) is 4.33. The van der Waals surface area contributed by atoms with Gasteiger partial charge in [0.25, 0.3) is 0 Å². The summed E-state index contributed by atoms with van der Waals surface area (Å²) in [5.74, 6) is 0.577. The molecule has 2 rings (SSSR count). The fourth-order valence-corrected chi connectivity index (χ4v) is 2.81. The molecule has 1 aromatic carbocycles. The van der Waals surface area contributed by atoms with Gasteiger partial charge in [0.2, 0.25) is 11.8 Å². The second kappa shape index (κ2) is 7.43. The number of carbonyl (C=O) groups is 2. The van der Waals surface area contributed by atoms with E-state index in [2.05, 4.69) is 13.8 Å². The van der Waals surface area contributed by atoms with Crippen LogP contribution in [0.5, 0.6) is 0 Å². The van der Waals surface area contributed by atoms with E-state index < -0.39 is 0 Å². The molecule has 2 amide bonds. The minimum Gasteiger partial charge on any atom is -0.342 e. The first kappa shape index (κ1) is 16.5. The van der Waals surface area contributed by atoms with Gasteiger partial charge in [-0.1, -0.05) is 44.2 Å². The van der Waals surface area contributed by atoms with Crippen molar-refractivity contribution in [2.75, 3.05) is 20.1 Å². The van der Waals surface area contributed by atoms with Crippen molar-refractivity contribution < 1.29 is 9.59 Å². The number of likely N-dealkylation sites (tertiary alicyclic amines) is 1. The van der Waals surface area contributed by atoms with Gasteiger partial charge in [-0.3, -0.25) is 9.59 Å². The van der Waals surface area contributed by atoms with Crippen LogP contribution < -0.4 is 0 Å². The van der Waals surface area contributed by atoms with E-state index in [0.717, 1.165) is 18.5 Å². The molecule has 1 aliphatic rings. The van der Waals surface area contributed by atoms with E-state index in [1.54, 1.807) is 4.90 Å². The summed E-state index contributed by atoms with van der Waals surface area (Å²) in [6.07, 6.45) is 1.35. The summed E-state index contributed by atoms with van der Waals surface area (Å²) in [6, 6.07) is 9.94. The minimum atomic E-state index is -0.187. The number of carbonyl (C=O) groups excluding carboxylic acids is 2. The maximum Gasteiger partial charge on any atom is 0.228 e.